The van der Waals surface area contributed by atoms with Gasteiger partial charge in [-0.3, -0.25) is 4.79 Å². The summed E-state index contributed by atoms with van der Waals surface area (Å²) < 4.78 is 33.5. The highest BCUT2D eigenvalue weighted by atomic mass is 19.1. The number of carbonyl (C=O) groups excluding carboxylic acids is 1. The average molecular weight is 347 g/mol. The molecule has 2 heterocycles. The normalized spacial score (nSPS) is 27.7. The summed E-state index contributed by atoms with van der Waals surface area (Å²) in [4.78, 5) is 15.7. The molecule has 0 bridgehead atoms. The molecule has 2 aliphatic rings. The Morgan fingerprint density at radius 1 is 1.28 bits per heavy atom. The highest BCUT2D eigenvalue weighted by Crippen LogP contribution is 2.41. The van der Waals surface area contributed by atoms with E-state index >= 15 is 0 Å². The van der Waals surface area contributed by atoms with E-state index in [0.717, 1.165) is 12.5 Å². The van der Waals surface area contributed by atoms with Gasteiger partial charge in [-0.05, 0) is 25.5 Å². The minimum Gasteiger partial charge on any atom is -0.379 e. The summed E-state index contributed by atoms with van der Waals surface area (Å²) in [5.74, 6) is -1.19. The summed E-state index contributed by atoms with van der Waals surface area (Å²) in [7, 11) is 0. The van der Waals surface area contributed by atoms with Gasteiger partial charge in [-0.1, -0.05) is 0 Å². The number of fused-ring (bicyclic) bond motifs is 2. The summed E-state index contributed by atoms with van der Waals surface area (Å²) in [5.41, 5.74) is 1.39. The Morgan fingerprint density at radius 2 is 2.08 bits per heavy atom. The van der Waals surface area contributed by atoms with Crippen LogP contribution >= 0.6 is 0 Å². The van der Waals surface area contributed by atoms with Gasteiger partial charge in [0, 0.05) is 42.3 Å². The lowest BCUT2D eigenvalue weighted by Gasteiger charge is -2.48. The molecule has 7 heteroatoms. The van der Waals surface area contributed by atoms with Crippen LogP contribution in [0.3, 0.4) is 0 Å². The van der Waals surface area contributed by atoms with Gasteiger partial charge in [0.15, 0.2) is 5.82 Å². The standard InChI is InChI=1S/C18H19F2N3O2/c1-8-5-14(12-6-10(19)7-13(20)15(12)21-8)23-16-11-3-4-25-18(11)17(16)22-9(2)24/h5-7,11,16-18H,3-4H2,1-2H3,(H,21,23)(H,22,24)/t11-,16+,17-,18-/m1/s1. The number of benzene rings is 1. The minimum atomic E-state index is -0.684. The molecule has 1 aliphatic carbocycles. The molecule has 4 atom stereocenters. The van der Waals surface area contributed by atoms with Crippen molar-refractivity contribution >= 4 is 22.5 Å². The first-order valence-electron chi connectivity index (χ1n) is 8.35. The predicted octanol–water partition coefficient (Wildman–Crippen LogP) is 2.53. The molecule has 0 spiro atoms. The van der Waals surface area contributed by atoms with Gasteiger partial charge in [0.05, 0.1) is 18.2 Å². The molecule has 1 saturated carbocycles. The van der Waals surface area contributed by atoms with Crippen LogP contribution in [0, 0.1) is 24.5 Å². The van der Waals surface area contributed by atoms with Crippen LogP contribution in [-0.2, 0) is 9.53 Å². The smallest absolute Gasteiger partial charge is 0.217 e. The van der Waals surface area contributed by atoms with Crippen LogP contribution in [0.15, 0.2) is 18.2 Å². The summed E-state index contributed by atoms with van der Waals surface area (Å²) >= 11 is 0. The first kappa shape index (κ1) is 16.2. The van der Waals surface area contributed by atoms with E-state index in [4.69, 9.17) is 4.74 Å². The Labute approximate surface area is 143 Å². The minimum absolute atomic E-state index is 0.0101. The Balaban J connectivity index is 1.71. The van der Waals surface area contributed by atoms with Crippen molar-refractivity contribution in [2.24, 2.45) is 5.92 Å². The number of rotatable bonds is 3. The van der Waals surface area contributed by atoms with Crippen LogP contribution in [0.4, 0.5) is 14.5 Å². The molecule has 1 aromatic heterocycles. The number of ether oxygens (including phenoxy) is 1. The van der Waals surface area contributed by atoms with Crippen molar-refractivity contribution in [1.29, 1.82) is 0 Å². The number of hydrogen-bond acceptors (Lipinski definition) is 4. The maximum atomic E-state index is 14.1. The lowest BCUT2D eigenvalue weighted by atomic mass is 9.71. The molecule has 0 unspecified atom stereocenters. The summed E-state index contributed by atoms with van der Waals surface area (Å²) in [6.07, 6.45) is 0.882. The Morgan fingerprint density at radius 3 is 2.84 bits per heavy atom. The van der Waals surface area contributed by atoms with Crippen molar-refractivity contribution in [2.75, 3.05) is 11.9 Å². The maximum Gasteiger partial charge on any atom is 0.217 e. The number of aromatic nitrogens is 1. The van der Waals surface area contributed by atoms with Crippen molar-refractivity contribution < 1.29 is 18.3 Å². The number of nitrogens with zero attached hydrogens (tertiary/aromatic N) is 1. The van der Waals surface area contributed by atoms with E-state index < -0.39 is 11.6 Å². The molecule has 1 amide bonds. The molecule has 25 heavy (non-hydrogen) atoms. The zero-order chi connectivity index (χ0) is 17.7. The molecule has 0 radical (unpaired) electrons. The molecule has 2 fully saturated rings. The van der Waals surface area contributed by atoms with Crippen molar-refractivity contribution in [2.45, 2.75) is 38.5 Å². The van der Waals surface area contributed by atoms with Gasteiger partial charge >= 0.3 is 0 Å². The third kappa shape index (κ3) is 2.72. The second-order valence-electron chi connectivity index (χ2n) is 6.78. The topological polar surface area (TPSA) is 63.2 Å². The largest absolute Gasteiger partial charge is 0.379 e. The molecule has 1 aliphatic heterocycles. The number of carbonyl (C=O) groups is 1. The van der Waals surface area contributed by atoms with Crippen LogP contribution in [-0.4, -0.2) is 35.7 Å². The third-order valence-corrected chi connectivity index (χ3v) is 5.04. The van der Waals surface area contributed by atoms with Crippen LogP contribution in [0.25, 0.3) is 10.9 Å². The number of halogens is 2. The van der Waals surface area contributed by atoms with Gasteiger partial charge in [-0.2, -0.15) is 0 Å². The lowest BCUT2D eigenvalue weighted by molar-refractivity contribution is -0.123. The van der Waals surface area contributed by atoms with Gasteiger partial charge in [0.2, 0.25) is 5.91 Å². The Kier molecular flexibility index (Phi) is 3.83. The van der Waals surface area contributed by atoms with Crippen molar-refractivity contribution in [3.8, 4) is 0 Å². The van der Waals surface area contributed by atoms with E-state index in [2.05, 4.69) is 15.6 Å². The molecule has 5 nitrogen and oxygen atoms in total. The maximum absolute atomic E-state index is 14.1. The average Bonchev–Trinajstić information content (AvgIpc) is 2.96. The second kappa shape index (κ2) is 5.91. The number of amides is 1. The molecule has 4 rings (SSSR count). The van der Waals surface area contributed by atoms with Crippen LogP contribution in [0.2, 0.25) is 0 Å². The van der Waals surface area contributed by atoms with Crippen LogP contribution in [0.1, 0.15) is 19.0 Å². The van der Waals surface area contributed by atoms with Gasteiger partial charge in [0.25, 0.3) is 0 Å². The van der Waals surface area contributed by atoms with E-state index in [1.54, 1.807) is 13.0 Å². The SMILES string of the molecule is CC(=O)N[C@@H]1[C@@H](Nc2cc(C)nc3c(F)cc(F)cc23)[C@H]2CCO[C@H]21. The highest BCUT2D eigenvalue weighted by Gasteiger charge is 2.54. The van der Waals surface area contributed by atoms with E-state index in [-0.39, 0.29) is 35.5 Å². The lowest BCUT2D eigenvalue weighted by Crippen LogP contribution is -2.67. The first-order chi connectivity index (χ1) is 11.9. The zero-order valence-corrected chi connectivity index (χ0v) is 14.0. The fourth-order valence-electron chi connectivity index (χ4n) is 3.99. The fraction of sp³-hybridized carbons (Fsp3) is 0.444. The molecule has 1 saturated heterocycles. The summed E-state index contributed by atoms with van der Waals surface area (Å²) in [6, 6.07) is 3.68. The molecule has 2 N–H and O–H groups in total. The van der Waals surface area contributed by atoms with Crippen molar-refractivity contribution in [1.82, 2.24) is 10.3 Å². The number of nitrogens with one attached hydrogen (secondary N) is 2. The first-order valence-corrected chi connectivity index (χ1v) is 8.35. The summed E-state index contributed by atoms with van der Waals surface area (Å²) in [6.45, 7) is 3.89. The summed E-state index contributed by atoms with van der Waals surface area (Å²) in [5, 5.41) is 6.69. The van der Waals surface area contributed by atoms with E-state index in [0.29, 0.717) is 23.4 Å². The van der Waals surface area contributed by atoms with Crippen molar-refractivity contribution in [3.63, 3.8) is 0 Å². The van der Waals surface area contributed by atoms with Crippen LogP contribution < -0.4 is 10.6 Å². The van der Waals surface area contributed by atoms with Gasteiger partial charge in [0.1, 0.15) is 11.3 Å². The second-order valence-corrected chi connectivity index (χ2v) is 6.78. The Hall–Kier alpha value is -2.28. The van der Waals surface area contributed by atoms with E-state index in [1.165, 1.54) is 13.0 Å². The molecule has 2 aromatic rings. The molecular formula is C18H19F2N3O2. The number of anilines is 1. The van der Waals surface area contributed by atoms with Crippen LogP contribution in [0.5, 0.6) is 0 Å². The fourth-order valence-corrected chi connectivity index (χ4v) is 3.99. The number of hydrogen-bond donors (Lipinski definition) is 2. The van der Waals surface area contributed by atoms with E-state index in [9.17, 15) is 13.6 Å². The van der Waals surface area contributed by atoms with Crippen molar-refractivity contribution in [3.05, 3.63) is 35.5 Å². The molecule has 1 aromatic carbocycles. The quantitative estimate of drug-likeness (QED) is 0.896. The zero-order valence-electron chi connectivity index (χ0n) is 14.0. The van der Waals surface area contributed by atoms with E-state index in [1.807, 2.05) is 0 Å². The highest BCUT2D eigenvalue weighted by molar-refractivity contribution is 5.92. The number of pyridine rings is 1. The number of aryl methyl sites for hydroxylation is 1. The molecular weight excluding hydrogens is 328 g/mol. The van der Waals surface area contributed by atoms with Gasteiger partial charge in [-0.25, -0.2) is 13.8 Å². The van der Waals surface area contributed by atoms with Gasteiger partial charge < -0.3 is 15.4 Å². The molecule has 132 valence electrons. The monoisotopic (exact) mass is 347 g/mol. The predicted molar refractivity (Wildman–Crippen MR) is 89.3 cm³/mol. The third-order valence-electron chi connectivity index (χ3n) is 5.04. The Bertz CT molecular complexity index is 858. The van der Waals surface area contributed by atoms with Gasteiger partial charge in [-0.15, -0.1) is 0 Å².